The predicted octanol–water partition coefficient (Wildman–Crippen LogP) is 2.06. The second-order valence-corrected chi connectivity index (χ2v) is 5.35. The number of para-hydroxylation sites is 1. The molecule has 106 valence electrons. The van der Waals surface area contributed by atoms with Crippen LogP contribution < -0.4 is 5.32 Å². The fourth-order valence-electron chi connectivity index (χ4n) is 2.65. The molecule has 1 aromatic carbocycles. The van der Waals surface area contributed by atoms with Gasteiger partial charge in [0.1, 0.15) is 0 Å². The van der Waals surface area contributed by atoms with E-state index in [-0.39, 0.29) is 0 Å². The van der Waals surface area contributed by atoms with Crippen molar-refractivity contribution in [1.29, 1.82) is 0 Å². The van der Waals surface area contributed by atoms with E-state index in [4.69, 9.17) is 0 Å². The second kappa shape index (κ2) is 6.68. The average Bonchev–Trinajstić information content (AvgIpc) is 3.16. The summed E-state index contributed by atoms with van der Waals surface area (Å²) in [5.74, 6) is 0. The highest BCUT2D eigenvalue weighted by Gasteiger charge is 2.10. The monoisotopic (exact) mass is 270 g/mol. The van der Waals surface area contributed by atoms with Crippen molar-refractivity contribution < 1.29 is 0 Å². The van der Waals surface area contributed by atoms with Crippen molar-refractivity contribution in [2.24, 2.45) is 0 Å². The first kappa shape index (κ1) is 13.3. The lowest BCUT2D eigenvalue weighted by Gasteiger charge is -2.14. The maximum absolute atomic E-state index is 4.41. The number of likely N-dealkylation sites (tertiary alicyclic amines) is 1. The third-order valence-electron chi connectivity index (χ3n) is 3.79. The Labute approximate surface area is 120 Å². The number of nitrogens with zero attached hydrogens (tertiary/aromatic N) is 3. The molecule has 1 aliphatic heterocycles. The zero-order chi connectivity index (χ0) is 13.6. The maximum atomic E-state index is 4.41. The summed E-state index contributed by atoms with van der Waals surface area (Å²) in [5.41, 5.74) is 2.34. The molecule has 1 aromatic heterocycles. The first-order valence-electron chi connectivity index (χ1n) is 7.44. The molecule has 0 amide bonds. The molecule has 0 radical (unpaired) electrons. The summed E-state index contributed by atoms with van der Waals surface area (Å²) in [5, 5.41) is 7.91. The summed E-state index contributed by atoms with van der Waals surface area (Å²) in [7, 11) is 0. The molecule has 4 nitrogen and oxygen atoms in total. The number of hydrogen-bond acceptors (Lipinski definition) is 3. The number of benzene rings is 1. The molecular formula is C16H22N4. The fraction of sp³-hybridized carbons (Fsp3) is 0.438. The summed E-state index contributed by atoms with van der Waals surface area (Å²) in [4.78, 5) is 2.53. The summed E-state index contributed by atoms with van der Waals surface area (Å²) >= 11 is 0. The summed E-state index contributed by atoms with van der Waals surface area (Å²) < 4.78 is 1.93. The van der Waals surface area contributed by atoms with Gasteiger partial charge in [-0.05, 0) is 38.1 Å². The number of hydrogen-bond donors (Lipinski definition) is 1. The van der Waals surface area contributed by atoms with E-state index in [1.807, 2.05) is 29.1 Å². The summed E-state index contributed by atoms with van der Waals surface area (Å²) in [6.07, 6.45) is 6.77. The molecule has 0 aliphatic carbocycles. The van der Waals surface area contributed by atoms with Crippen LogP contribution in [0.25, 0.3) is 5.69 Å². The van der Waals surface area contributed by atoms with Gasteiger partial charge in [-0.25, -0.2) is 4.68 Å². The smallest absolute Gasteiger partial charge is 0.0645 e. The van der Waals surface area contributed by atoms with Crippen molar-refractivity contribution in [3.8, 4) is 5.69 Å². The SMILES string of the molecule is c1ccc(-n2cc(CNCCN3CCCC3)cn2)cc1. The van der Waals surface area contributed by atoms with Gasteiger partial charge in [0.2, 0.25) is 0 Å². The quantitative estimate of drug-likeness (QED) is 0.816. The van der Waals surface area contributed by atoms with E-state index in [1.165, 1.54) is 31.5 Å². The Hall–Kier alpha value is -1.65. The van der Waals surface area contributed by atoms with E-state index in [0.29, 0.717) is 0 Å². The van der Waals surface area contributed by atoms with Gasteiger partial charge in [0, 0.05) is 31.4 Å². The van der Waals surface area contributed by atoms with Crippen molar-refractivity contribution in [1.82, 2.24) is 20.0 Å². The normalized spacial score (nSPS) is 15.8. The maximum Gasteiger partial charge on any atom is 0.0645 e. The molecule has 0 spiro atoms. The van der Waals surface area contributed by atoms with Crippen molar-refractivity contribution >= 4 is 0 Å². The number of aromatic nitrogens is 2. The third-order valence-corrected chi connectivity index (χ3v) is 3.79. The van der Waals surface area contributed by atoms with Crippen molar-refractivity contribution in [2.75, 3.05) is 26.2 Å². The van der Waals surface area contributed by atoms with Gasteiger partial charge < -0.3 is 10.2 Å². The summed E-state index contributed by atoms with van der Waals surface area (Å²) in [6.45, 7) is 5.64. The Bertz CT molecular complexity index is 514. The van der Waals surface area contributed by atoms with Gasteiger partial charge in [-0.1, -0.05) is 18.2 Å². The van der Waals surface area contributed by atoms with E-state index in [0.717, 1.165) is 25.3 Å². The van der Waals surface area contributed by atoms with Crippen LogP contribution in [0.2, 0.25) is 0 Å². The van der Waals surface area contributed by atoms with E-state index in [9.17, 15) is 0 Å². The molecule has 2 heterocycles. The molecular weight excluding hydrogens is 248 g/mol. The lowest BCUT2D eigenvalue weighted by molar-refractivity contribution is 0.335. The Kier molecular flexibility index (Phi) is 4.46. The number of nitrogens with one attached hydrogen (secondary N) is 1. The molecule has 0 atom stereocenters. The Morgan fingerprint density at radius 3 is 2.70 bits per heavy atom. The van der Waals surface area contributed by atoms with Crippen LogP contribution in [0, 0.1) is 0 Å². The van der Waals surface area contributed by atoms with Crippen LogP contribution in [0.3, 0.4) is 0 Å². The minimum Gasteiger partial charge on any atom is -0.311 e. The van der Waals surface area contributed by atoms with Crippen LogP contribution in [0.15, 0.2) is 42.7 Å². The zero-order valence-corrected chi connectivity index (χ0v) is 11.8. The highest BCUT2D eigenvalue weighted by atomic mass is 15.3. The summed E-state index contributed by atoms with van der Waals surface area (Å²) in [6, 6.07) is 10.2. The van der Waals surface area contributed by atoms with Gasteiger partial charge in [-0.15, -0.1) is 0 Å². The van der Waals surface area contributed by atoms with Crippen molar-refractivity contribution in [3.63, 3.8) is 0 Å². The molecule has 0 bridgehead atoms. The van der Waals surface area contributed by atoms with E-state index >= 15 is 0 Å². The van der Waals surface area contributed by atoms with Gasteiger partial charge >= 0.3 is 0 Å². The molecule has 3 rings (SSSR count). The molecule has 1 fully saturated rings. The van der Waals surface area contributed by atoms with E-state index < -0.39 is 0 Å². The topological polar surface area (TPSA) is 33.1 Å². The molecule has 1 aliphatic rings. The Morgan fingerprint density at radius 2 is 1.90 bits per heavy atom. The highest BCUT2D eigenvalue weighted by Crippen LogP contribution is 2.08. The van der Waals surface area contributed by atoms with Crippen molar-refractivity contribution in [2.45, 2.75) is 19.4 Å². The van der Waals surface area contributed by atoms with Crippen LogP contribution in [0.5, 0.6) is 0 Å². The lowest BCUT2D eigenvalue weighted by Crippen LogP contribution is -2.29. The van der Waals surface area contributed by atoms with Gasteiger partial charge in [0.25, 0.3) is 0 Å². The van der Waals surface area contributed by atoms with E-state index in [1.54, 1.807) is 0 Å². The predicted molar refractivity (Wildman–Crippen MR) is 80.9 cm³/mol. The third kappa shape index (κ3) is 3.46. The van der Waals surface area contributed by atoms with Crippen LogP contribution in [-0.4, -0.2) is 40.9 Å². The second-order valence-electron chi connectivity index (χ2n) is 5.35. The average molecular weight is 270 g/mol. The first-order chi connectivity index (χ1) is 9.92. The van der Waals surface area contributed by atoms with Crippen LogP contribution in [0.1, 0.15) is 18.4 Å². The number of rotatable bonds is 6. The molecule has 0 saturated carbocycles. The standard InChI is InChI=1S/C16H22N4/c1-2-6-16(7-3-1)20-14-15(13-18-20)12-17-8-11-19-9-4-5-10-19/h1-3,6-7,13-14,17H,4-5,8-12H2. The fourth-order valence-corrected chi connectivity index (χ4v) is 2.65. The molecule has 0 unspecified atom stereocenters. The Morgan fingerprint density at radius 1 is 1.10 bits per heavy atom. The molecule has 4 heteroatoms. The van der Waals surface area contributed by atoms with Crippen LogP contribution in [0.4, 0.5) is 0 Å². The van der Waals surface area contributed by atoms with E-state index in [2.05, 4.69) is 33.6 Å². The van der Waals surface area contributed by atoms with Crippen LogP contribution in [-0.2, 0) is 6.54 Å². The highest BCUT2D eigenvalue weighted by molar-refractivity contribution is 5.30. The van der Waals surface area contributed by atoms with Gasteiger partial charge in [0.05, 0.1) is 11.9 Å². The molecule has 2 aromatic rings. The molecule has 1 N–H and O–H groups in total. The largest absolute Gasteiger partial charge is 0.311 e. The van der Waals surface area contributed by atoms with Gasteiger partial charge in [0.15, 0.2) is 0 Å². The van der Waals surface area contributed by atoms with Crippen molar-refractivity contribution in [3.05, 3.63) is 48.3 Å². The van der Waals surface area contributed by atoms with Gasteiger partial charge in [-0.3, -0.25) is 0 Å². The zero-order valence-electron chi connectivity index (χ0n) is 11.8. The van der Waals surface area contributed by atoms with Gasteiger partial charge in [-0.2, -0.15) is 5.10 Å². The molecule has 1 saturated heterocycles. The lowest BCUT2D eigenvalue weighted by atomic mass is 10.3. The Balaban J connectivity index is 1.45. The minimum absolute atomic E-state index is 0.890. The first-order valence-corrected chi connectivity index (χ1v) is 7.44. The van der Waals surface area contributed by atoms with Crippen LogP contribution >= 0.6 is 0 Å². The molecule has 20 heavy (non-hydrogen) atoms. The minimum atomic E-state index is 0.890.